The molecule has 1 fully saturated rings. The molecule has 128 valence electrons. The summed E-state index contributed by atoms with van der Waals surface area (Å²) in [7, 11) is 0. The van der Waals surface area contributed by atoms with Gasteiger partial charge in [0, 0.05) is 32.0 Å². The van der Waals surface area contributed by atoms with Gasteiger partial charge in [-0.05, 0) is 31.2 Å². The number of hydrogen-bond acceptors (Lipinski definition) is 4. The Balaban J connectivity index is 1.71. The molecule has 1 aromatic rings. The second kappa shape index (κ2) is 10.7. The molecule has 1 amide bonds. The number of benzene rings is 1. The zero-order valence-corrected chi connectivity index (χ0v) is 14.6. The molecule has 0 bridgehead atoms. The van der Waals surface area contributed by atoms with E-state index in [2.05, 4.69) is 12.1 Å². The van der Waals surface area contributed by atoms with Gasteiger partial charge in [0.15, 0.2) is 0 Å². The fourth-order valence-electron chi connectivity index (χ4n) is 2.73. The first-order chi connectivity index (χ1) is 11.3. The molecule has 1 aliphatic heterocycles. The van der Waals surface area contributed by atoms with Crippen LogP contribution >= 0.6 is 11.8 Å². The maximum Gasteiger partial charge on any atom is 0.232 e. The smallest absolute Gasteiger partial charge is 0.232 e. The molecule has 0 saturated carbocycles. The van der Waals surface area contributed by atoms with Gasteiger partial charge in [-0.2, -0.15) is 0 Å². The quantitative estimate of drug-likeness (QED) is 0.752. The molecule has 0 spiro atoms. The van der Waals surface area contributed by atoms with Gasteiger partial charge in [-0.3, -0.25) is 4.79 Å². The van der Waals surface area contributed by atoms with E-state index in [1.807, 2.05) is 23.1 Å². The third-order valence-electron chi connectivity index (χ3n) is 4.07. The van der Waals surface area contributed by atoms with Crippen LogP contribution in [0.1, 0.15) is 24.8 Å². The number of thioether (sulfide) groups is 1. The van der Waals surface area contributed by atoms with Crippen LogP contribution in [-0.2, 0) is 16.0 Å². The number of hydrogen-bond donors (Lipinski definition) is 1. The Morgan fingerprint density at radius 2 is 2.09 bits per heavy atom. The molecule has 0 aliphatic carbocycles. The first-order valence-corrected chi connectivity index (χ1v) is 9.66. The summed E-state index contributed by atoms with van der Waals surface area (Å²) in [5.41, 5.74) is 6.92. The van der Waals surface area contributed by atoms with Crippen LogP contribution in [0.25, 0.3) is 0 Å². The molecule has 1 aliphatic rings. The van der Waals surface area contributed by atoms with Gasteiger partial charge in [0.1, 0.15) is 0 Å². The van der Waals surface area contributed by atoms with E-state index in [-0.39, 0.29) is 5.91 Å². The van der Waals surface area contributed by atoms with Gasteiger partial charge in [-0.15, -0.1) is 11.8 Å². The van der Waals surface area contributed by atoms with Crippen LogP contribution in [0.5, 0.6) is 0 Å². The minimum atomic E-state index is 0.187. The summed E-state index contributed by atoms with van der Waals surface area (Å²) in [6, 6.07) is 10.3. The standard InChI is InChI=1S/C18H28N2O2S/c19-10-12-20(11-9-16-6-2-1-3-7-16)18(21)15-23-14-17-8-4-5-13-22-17/h1-3,6-7,17H,4-5,8-15,19H2. The van der Waals surface area contributed by atoms with Crippen LogP contribution < -0.4 is 5.73 Å². The number of nitrogens with two attached hydrogens (primary N) is 1. The summed E-state index contributed by atoms with van der Waals surface area (Å²) in [5, 5.41) is 0. The normalized spacial score (nSPS) is 17.9. The second-order valence-corrected chi connectivity index (χ2v) is 6.94. The third-order valence-corrected chi connectivity index (χ3v) is 5.13. The summed E-state index contributed by atoms with van der Waals surface area (Å²) in [6.45, 7) is 2.75. The molecule has 2 rings (SSSR count). The second-order valence-electron chi connectivity index (χ2n) is 5.91. The van der Waals surface area contributed by atoms with Gasteiger partial charge in [0.2, 0.25) is 5.91 Å². The van der Waals surface area contributed by atoms with E-state index < -0.39 is 0 Å². The number of nitrogens with zero attached hydrogens (tertiary/aromatic N) is 1. The van der Waals surface area contributed by atoms with Crippen molar-refractivity contribution in [2.24, 2.45) is 5.73 Å². The van der Waals surface area contributed by atoms with Crippen molar-refractivity contribution in [2.75, 3.05) is 37.7 Å². The van der Waals surface area contributed by atoms with Gasteiger partial charge in [0.25, 0.3) is 0 Å². The summed E-state index contributed by atoms with van der Waals surface area (Å²) >= 11 is 1.69. The van der Waals surface area contributed by atoms with Crippen LogP contribution in [0.4, 0.5) is 0 Å². The maximum atomic E-state index is 12.4. The number of amides is 1. The molecule has 4 nitrogen and oxygen atoms in total. The summed E-state index contributed by atoms with van der Waals surface area (Å²) < 4.78 is 5.71. The minimum absolute atomic E-state index is 0.187. The topological polar surface area (TPSA) is 55.6 Å². The fourth-order valence-corrected chi connectivity index (χ4v) is 3.73. The molecule has 1 saturated heterocycles. The highest BCUT2D eigenvalue weighted by molar-refractivity contribution is 7.99. The average Bonchev–Trinajstić information content (AvgIpc) is 2.60. The van der Waals surface area contributed by atoms with E-state index in [1.165, 1.54) is 18.4 Å². The van der Waals surface area contributed by atoms with Crippen molar-refractivity contribution in [1.29, 1.82) is 0 Å². The molecule has 1 unspecified atom stereocenters. The minimum Gasteiger partial charge on any atom is -0.377 e. The van der Waals surface area contributed by atoms with Crippen molar-refractivity contribution < 1.29 is 9.53 Å². The Morgan fingerprint density at radius 1 is 1.26 bits per heavy atom. The fraction of sp³-hybridized carbons (Fsp3) is 0.611. The Kier molecular flexibility index (Phi) is 8.50. The lowest BCUT2D eigenvalue weighted by molar-refractivity contribution is -0.128. The number of ether oxygens (including phenoxy) is 1. The lowest BCUT2D eigenvalue weighted by Gasteiger charge is -2.24. The van der Waals surface area contributed by atoms with Gasteiger partial charge in [-0.1, -0.05) is 30.3 Å². The van der Waals surface area contributed by atoms with Crippen LogP contribution in [0.3, 0.4) is 0 Å². The molecule has 1 aromatic carbocycles. The summed E-state index contributed by atoms with van der Waals surface area (Å²) in [6.07, 6.45) is 4.75. The van der Waals surface area contributed by atoms with Crippen molar-refractivity contribution in [3.05, 3.63) is 35.9 Å². The third kappa shape index (κ3) is 6.94. The first-order valence-electron chi connectivity index (χ1n) is 8.50. The van der Waals surface area contributed by atoms with E-state index in [0.29, 0.717) is 24.9 Å². The van der Waals surface area contributed by atoms with Crippen molar-refractivity contribution in [1.82, 2.24) is 4.90 Å². The molecule has 2 N–H and O–H groups in total. The summed E-state index contributed by atoms with van der Waals surface area (Å²) in [4.78, 5) is 14.3. The van der Waals surface area contributed by atoms with Gasteiger partial charge in [0.05, 0.1) is 11.9 Å². The lowest BCUT2D eigenvalue weighted by atomic mass is 10.1. The van der Waals surface area contributed by atoms with Gasteiger partial charge in [-0.25, -0.2) is 0 Å². The molecular weight excluding hydrogens is 308 g/mol. The maximum absolute atomic E-state index is 12.4. The molecule has 1 heterocycles. The molecule has 5 heteroatoms. The Labute approximate surface area is 143 Å². The van der Waals surface area contributed by atoms with E-state index in [4.69, 9.17) is 10.5 Å². The highest BCUT2D eigenvalue weighted by Gasteiger charge is 2.16. The molecular formula is C18H28N2O2S. The highest BCUT2D eigenvalue weighted by Crippen LogP contribution is 2.17. The van der Waals surface area contributed by atoms with E-state index in [0.717, 1.165) is 31.7 Å². The lowest BCUT2D eigenvalue weighted by Crippen LogP contribution is -2.38. The van der Waals surface area contributed by atoms with Gasteiger partial charge >= 0.3 is 0 Å². The predicted molar refractivity (Wildman–Crippen MR) is 96.7 cm³/mol. The number of rotatable bonds is 9. The van der Waals surface area contributed by atoms with Crippen LogP contribution in [0.2, 0.25) is 0 Å². The average molecular weight is 337 g/mol. The van der Waals surface area contributed by atoms with E-state index >= 15 is 0 Å². The van der Waals surface area contributed by atoms with Gasteiger partial charge < -0.3 is 15.4 Å². The van der Waals surface area contributed by atoms with Crippen molar-refractivity contribution in [3.63, 3.8) is 0 Å². The highest BCUT2D eigenvalue weighted by atomic mass is 32.2. The number of carbonyl (C=O) groups excluding carboxylic acids is 1. The van der Waals surface area contributed by atoms with E-state index in [9.17, 15) is 4.79 Å². The van der Waals surface area contributed by atoms with Crippen LogP contribution in [0, 0.1) is 0 Å². The van der Waals surface area contributed by atoms with Crippen LogP contribution in [-0.4, -0.2) is 54.7 Å². The van der Waals surface area contributed by atoms with Crippen molar-refractivity contribution in [3.8, 4) is 0 Å². The molecule has 0 aromatic heterocycles. The number of carbonyl (C=O) groups is 1. The molecule has 1 atom stereocenters. The van der Waals surface area contributed by atoms with Crippen molar-refractivity contribution in [2.45, 2.75) is 31.8 Å². The predicted octanol–water partition coefficient (Wildman–Crippen LogP) is 2.32. The van der Waals surface area contributed by atoms with E-state index in [1.54, 1.807) is 11.8 Å². The Morgan fingerprint density at radius 3 is 2.78 bits per heavy atom. The largest absolute Gasteiger partial charge is 0.377 e. The zero-order valence-electron chi connectivity index (χ0n) is 13.8. The van der Waals surface area contributed by atoms with Crippen LogP contribution in [0.15, 0.2) is 30.3 Å². The SMILES string of the molecule is NCCN(CCc1ccccc1)C(=O)CSCC1CCCCO1. The first kappa shape index (κ1) is 18.3. The molecule has 0 radical (unpaired) electrons. The Bertz CT molecular complexity index is 450. The monoisotopic (exact) mass is 336 g/mol. The van der Waals surface area contributed by atoms with Crippen molar-refractivity contribution >= 4 is 17.7 Å². The Hall–Kier alpha value is -1.04. The summed E-state index contributed by atoms with van der Waals surface area (Å²) in [5.74, 6) is 1.63. The molecule has 23 heavy (non-hydrogen) atoms. The zero-order chi connectivity index (χ0) is 16.3.